The van der Waals surface area contributed by atoms with Crippen LogP contribution < -0.4 is 10.0 Å². The number of thiophene rings is 1. The molecule has 1 aromatic carbocycles. The molecule has 3 heterocycles. The van der Waals surface area contributed by atoms with Crippen LogP contribution in [0.25, 0.3) is 10.6 Å². The summed E-state index contributed by atoms with van der Waals surface area (Å²) in [7, 11) is -3.47. The van der Waals surface area contributed by atoms with E-state index in [4.69, 9.17) is 0 Å². The molecule has 1 amide bonds. The molecule has 0 aliphatic heterocycles. The van der Waals surface area contributed by atoms with E-state index in [-0.39, 0.29) is 10.3 Å². The molecule has 3 aromatic heterocycles. The maximum absolute atomic E-state index is 12.9. The smallest absolute Gasteiger partial charge is 0.261 e. The molecule has 2 N–H and O–H groups in total. The van der Waals surface area contributed by atoms with E-state index >= 15 is 0 Å². The first kappa shape index (κ1) is 20.2. The molecule has 0 bridgehead atoms. The maximum atomic E-state index is 12.9. The molecular formula is C18H16N6O3S3. The Bertz CT molecular complexity index is 1260. The molecule has 30 heavy (non-hydrogen) atoms. The van der Waals surface area contributed by atoms with Crippen LogP contribution in [0.15, 0.2) is 54.0 Å². The van der Waals surface area contributed by atoms with Gasteiger partial charge in [-0.1, -0.05) is 47.7 Å². The predicted octanol–water partition coefficient (Wildman–Crippen LogP) is 3.14. The number of rotatable bonds is 7. The van der Waals surface area contributed by atoms with Crippen molar-refractivity contribution in [2.75, 3.05) is 16.3 Å². The molecule has 0 radical (unpaired) electrons. The number of anilines is 2. The van der Waals surface area contributed by atoms with Gasteiger partial charge in [-0.2, -0.15) is 5.10 Å². The van der Waals surface area contributed by atoms with E-state index in [1.165, 1.54) is 11.3 Å². The highest BCUT2D eigenvalue weighted by Crippen LogP contribution is 2.28. The van der Waals surface area contributed by atoms with Crippen molar-refractivity contribution < 1.29 is 13.2 Å². The van der Waals surface area contributed by atoms with Gasteiger partial charge >= 0.3 is 0 Å². The highest BCUT2D eigenvalue weighted by molar-refractivity contribution is 7.92. The van der Waals surface area contributed by atoms with Gasteiger partial charge in [0, 0.05) is 6.20 Å². The molecule has 0 aliphatic rings. The Balaban J connectivity index is 1.59. The van der Waals surface area contributed by atoms with Crippen LogP contribution in [0.5, 0.6) is 0 Å². The van der Waals surface area contributed by atoms with Gasteiger partial charge in [0.05, 0.1) is 23.2 Å². The maximum Gasteiger partial charge on any atom is 0.261 e. The van der Waals surface area contributed by atoms with Crippen LogP contribution in [-0.2, 0) is 16.6 Å². The predicted molar refractivity (Wildman–Crippen MR) is 117 cm³/mol. The molecule has 0 atom stereocenters. The van der Waals surface area contributed by atoms with Crippen molar-refractivity contribution in [3.63, 3.8) is 0 Å². The zero-order chi connectivity index (χ0) is 21.1. The molecule has 0 saturated heterocycles. The van der Waals surface area contributed by atoms with Gasteiger partial charge in [0.2, 0.25) is 20.3 Å². The van der Waals surface area contributed by atoms with Gasteiger partial charge in [0.1, 0.15) is 5.69 Å². The minimum Gasteiger partial charge on any atom is -0.296 e. The van der Waals surface area contributed by atoms with Crippen molar-refractivity contribution in [1.29, 1.82) is 0 Å². The Hall–Kier alpha value is -3.09. The van der Waals surface area contributed by atoms with E-state index in [0.29, 0.717) is 17.8 Å². The summed E-state index contributed by atoms with van der Waals surface area (Å²) in [6.45, 7) is 0.522. The topological polar surface area (TPSA) is 119 Å². The summed E-state index contributed by atoms with van der Waals surface area (Å²) in [6.07, 6.45) is 2.70. The van der Waals surface area contributed by atoms with Crippen LogP contribution in [-0.4, -0.2) is 40.6 Å². The lowest BCUT2D eigenvalue weighted by Gasteiger charge is -2.00. The summed E-state index contributed by atoms with van der Waals surface area (Å²) >= 11 is 2.41. The fourth-order valence-electron chi connectivity index (χ4n) is 2.67. The summed E-state index contributed by atoms with van der Waals surface area (Å²) < 4.78 is 26.6. The lowest BCUT2D eigenvalue weighted by Crippen LogP contribution is -2.12. The van der Waals surface area contributed by atoms with E-state index in [9.17, 15) is 13.2 Å². The monoisotopic (exact) mass is 460 g/mol. The summed E-state index contributed by atoms with van der Waals surface area (Å²) in [6, 6.07) is 13.6. The molecule has 0 spiro atoms. The number of hydrogen-bond donors (Lipinski definition) is 2. The molecule has 0 saturated carbocycles. The number of amides is 1. The van der Waals surface area contributed by atoms with E-state index < -0.39 is 15.9 Å². The standard InChI is InChI=1S/C18H16N6O3S3/c1-30(26,27)23-18-21-20-17(29-18)19-16(25)13-11-24(10-12-6-3-2-4-7-12)22-15(13)14-8-5-9-28-14/h2-9,11H,10H2,1H3,(H,21,23)(H,19,20,25). The first-order valence-corrected chi connectivity index (χ1v) is 12.2. The van der Waals surface area contributed by atoms with E-state index in [0.717, 1.165) is 28.0 Å². The van der Waals surface area contributed by atoms with Gasteiger partial charge in [-0.3, -0.25) is 19.5 Å². The fourth-order valence-corrected chi connectivity index (χ4v) is 4.86. The van der Waals surface area contributed by atoms with Gasteiger partial charge < -0.3 is 0 Å². The Morgan fingerprint density at radius 3 is 2.57 bits per heavy atom. The third-order valence-corrected chi connectivity index (χ3v) is 6.19. The van der Waals surface area contributed by atoms with Gasteiger partial charge in [-0.25, -0.2) is 8.42 Å². The molecule has 9 nitrogen and oxygen atoms in total. The number of sulfonamides is 1. The number of hydrogen-bond acceptors (Lipinski definition) is 8. The fraction of sp³-hybridized carbons (Fsp3) is 0.111. The van der Waals surface area contributed by atoms with E-state index in [1.54, 1.807) is 10.9 Å². The highest BCUT2D eigenvalue weighted by Gasteiger charge is 2.20. The van der Waals surface area contributed by atoms with Crippen molar-refractivity contribution >= 4 is 48.9 Å². The molecular weight excluding hydrogens is 444 g/mol. The molecule has 12 heteroatoms. The van der Waals surface area contributed by atoms with Crippen molar-refractivity contribution in [1.82, 2.24) is 20.0 Å². The number of benzene rings is 1. The molecule has 4 rings (SSSR count). The molecule has 0 fully saturated rings. The second kappa shape index (κ2) is 8.34. The number of nitrogens with zero attached hydrogens (tertiary/aromatic N) is 4. The van der Waals surface area contributed by atoms with Crippen LogP contribution in [0.4, 0.5) is 10.3 Å². The molecule has 154 valence electrons. The average molecular weight is 461 g/mol. The van der Waals surface area contributed by atoms with Crippen molar-refractivity contribution in [3.05, 3.63) is 65.2 Å². The number of carbonyl (C=O) groups excluding carboxylic acids is 1. The number of aromatic nitrogens is 4. The summed E-state index contributed by atoms with van der Waals surface area (Å²) in [5.41, 5.74) is 2.02. The SMILES string of the molecule is CS(=O)(=O)Nc1nnc(NC(=O)c2cn(Cc3ccccc3)nc2-c2cccs2)s1. The van der Waals surface area contributed by atoms with Crippen LogP contribution in [0.3, 0.4) is 0 Å². The number of carbonyl (C=O) groups is 1. The third-order valence-electron chi connectivity index (χ3n) is 3.87. The van der Waals surface area contributed by atoms with Crippen molar-refractivity contribution in [3.8, 4) is 10.6 Å². The first-order valence-electron chi connectivity index (χ1n) is 8.65. The Morgan fingerprint density at radius 2 is 1.87 bits per heavy atom. The minimum absolute atomic E-state index is 0.0750. The van der Waals surface area contributed by atoms with Crippen molar-refractivity contribution in [2.24, 2.45) is 0 Å². The van der Waals surface area contributed by atoms with Crippen LogP contribution in [0.1, 0.15) is 15.9 Å². The number of nitrogens with one attached hydrogen (secondary N) is 2. The summed E-state index contributed by atoms with van der Waals surface area (Å²) in [4.78, 5) is 13.8. The van der Waals surface area contributed by atoms with E-state index in [2.05, 4.69) is 25.3 Å². The van der Waals surface area contributed by atoms with Gasteiger partial charge in [0.25, 0.3) is 5.91 Å². The lowest BCUT2D eigenvalue weighted by atomic mass is 10.2. The zero-order valence-electron chi connectivity index (χ0n) is 15.6. The van der Waals surface area contributed by atoms with Gasteiger partial charge in [0.15, 0.2) is 0 Å². The Labute approximate surface area is 180 Å². The molecule has 0 unspecified atom stereocenters. The Morgan fingerprint density at radius 1 is 1.10 bits per heavy atom. The lowest BCUT2D eigenvalue weighted by molar-refractivity contribution is 0.102. The summed E-state index contributed by atoms with van der Waals surface area (Å²) in [5, 5.41) is 17.0. The second-order valence-electron chi connectivity index (χ2n) is 6.29. The highest BCUT2D eigenvalue weighted by atomic mass is 32.2. The minimum atomic E-state index is -3.47. The third kappa shape index (κ3) is 4.90. The quantitative estimate of drug-likeness (QED) is 0.437. The van der Waals surface area contributed by atoms with Crippen molar-refractivity contribution in [2.45, 2.75) is 6.54 Å². The van der Waals surface area contributed by atoms with Crippen LogP contribution >= 0.6 is 22.7 Å². The molecule has 0 aliphatic carbocycles. The second-order valence-corrected chi connectivity index (χ2v) is 9.97. The Kier molecular flexibility index (Phi) is 5.61. The normalized spacial score (nSPS) is 11.4. The van der Waals surface area contributed by atoms with Gasteiger partial charge in [-0.15, -0.1) is 21.5 Å². The van der Waals surface area contributed by atoms with Crippen LogP contribution in [0.2, 0.25) is 0 Å². The zero-order valence-corrected chi connectivity index (χ0v) is 18.1. The van der Waals surface area contributed by atoms with Crippen LogP contribution in [0, 0.1) is 0 Å². The first-order chi connectivity index (χ1) is 14.4. The average Bonchev–Trinajstić information content (AvgIpc) is 3.42. The molecule has 4 aromatic rings. The summed E-state index contributed by atoms with van der Waals surface area (Å²) in [5.74, 6) is -0.403. The van der Waals surface area contributed by atoms with Gasteiger partial charge in [-0.05, 0) is 17.0 Å². The van der Waals surface area contributed by atoms with E-state index in [1.807, 2.05) is 47.8 Å². The largest absolute Gasteiger partial charge is 0.296 e.